The van der Waals surface area contributed by atoms with E-state index in [-0.39, 0.29) is 12.2 Å². The van der Waals surface area contributed by atoms with E-state index in [0.717, 1.165) is 29.4 Å². The number of hydrogen-bond donors (Lipinski definition) is 1. The maximum Gasteiger partial charge on any atom is 0.346 e. The van der Waals surface area contributed by atoms with E-state index in [1.807, 2.05) is 84.4 Å². The van der Waals surface area contributed by atoms with Gasteiger partial charge in [0, 0.05) is 13.3 Å². The molecule has 0 spiro atoms. The smallest absolute Gasteiger partial charge is 0.346 e. The summed E-state index contributed by atoms with van der Waals surface area (Å²) in [5.41, 5.74) is 3.11. The Balaban J connectivity index is 0.00000173. The number of aliphatic hydroxyl groups excluding tert-OH is 1. The summed E-state index contributed by atoms with van der Waals surface area (Å²) in [5.74, 6) is -0.266. The van der Waals surface area contributed by atoms with E-state index in [0.29, 0.717) is 11.3 Å². The number of carbonyl (C=O) groups is 1. The van der Waals surface area contributed by atoms with Gasteiger partial charge in [0.05, 0.1) is 24.6 Å². The van der Waals surface area contributed by atoms with Crippen molar-refractivity contribution in [3.8, 4) is 5.82 Å². The summed E-state index contributed by atoms with van der Waals surface area (Å²) in [6.07, 6.45) is 5.36. The molecule has 6 rings (SSSR count). The Hall–Kier alpha value is -5.21. The van der Waals surface area contributed by atoms with Gasteiger partial charge in [-0.25, -0.2) is 9.78 Å². The Labute approximate surface area is 243 Å². The van der Waals surface area contributed by atoms with Crippen LogP contribution in [-0.4, -0.2) is 43.5 Å². The largest absolute Gasteiger partial charge is 0.462 e. The minimum Gasteiger partial charge on any atom is -0.462 e. The Morgan fingerprint density at radius 2 is 1.36 bits per heavy atom. The van der Waals surface area contributed by atoms with Crippen LogP contribution in [0.25, 0.3) is 11.3 Å². The fourth-order valence-corrected chi connectivity index (χ4v) is 5.58. The summed E-state index contributed by atoms with van der Waals surface area (Å²) >= 11 is 0. The number of imidazole rings is 1. The summed E-state index contributed by atoms with van der Waals surface area (Å²) in [5, 5.41) is 7.00. The fraction of sp³-hybridized carbons (Fsp3) is 0.147. The Kier molecular flexibility index (Phi) is 8.17. The van der Waals surface area contributed by atoms with E-state index in [4.69, 9.17) is 14.8 Å². The molecule has 3 aromatic carbocycles. The molecule has 0 aliphatic carbocycles. The van der Waals surface area contributed by atoms with Crippen molar-refractivity contribution in [2.75, 3.05) is 13.7 Å². The van der Waals surface area contributed by atoms with Crippen molar-refractivity contribution >= 4 is 11.5 Å². The molecule has 0 unspecified atom stereocenters. The second-order valence-electron chi connectivity index (χ2n) is 9.54. The summed E-state index contributed by atoms with van der Waals surface area (Å²) < 4.78 is 10.4. The van der Waals surface area contributed by atoms with Gasteiger partial charge in [-0.2, -0.15) is 4.68 Å². The number of rotatable bonds is 7. The Bertz CT molecular complexity index is 1760. The first-order valence-corrected chi connectivity index (χ1v) is 13.6. The van der Waals surface area contributed by atoms with Gasteiger partial charge < -0.3 is 14.4 Å². The zero-order chi connectivity index (χ0) is 29.7. The molecule has 0 amide bonds. The topological polar surface area (TPSA) is 90.8 Å². The van der Waals surface area contributed by atoms with E-state index in [2.05, 4.69) is 36.4 Å². The summed E-state index contributed by atoms with van der Waals surface area (Å²) in [7, 11) is 1.00. The maximum absolute atomic E-state index is 13.8. The van der Waals surface area contributed by atoms with E-state index >= 15 is 0 Å². The minimum absolute atomic E-state index is 0.00468. The second-order valence-corrected chi connectivity index (χ2v) is 9.54. The van der Waals surface area contributed by atoms with Crippen molar-refractivity contribution in [1.82, 2.24) is 18.7 Å². The molecule has 0 saturated heterocycles. The molecule has 212 valence electrons. The first-order chi connectivity index (χ1) is 20.6. The van der Waals surface area contributed by atoms with Crippen LogP contribution in [0.2, 0.25) is 0 Å². The number of carbonyl (C=O) groups excluding carboxylic acids is 1. The molecule has 8 heteroatoms. The molecule has 0 aliphatic rings. The quantitative estimate of drug-likeness (QED) is 0.214. The van der Waals surface area contributed by atoms with Crippen molar-refractivity contribution < 1.29 is 14.6 Å². The number of benzene rings is 3. The van der Waals surface area contributed by atoms with Crippen LogP contribution in [0.3, 0.4) is 0 Å². The molecule has 0 bridgehead atoms. The second kappa shape index (κ2) is 12.1. The third kappa shape index (κ3) is 4.61. The highest BCUT2D eigenvalue weighted by Gasteiger charge is 2.38. The van der Waals surface area contributed by atoms with Crippen LogP contribution in [0, 0.1) is 6.92 Å². The Morgan fingerprint density at radius 3 is 1.86 bits per heavy atom. The molecule has 0 saturated carbocycles. The van der Waals surface area contributed by atoms with Crippen LogP contribution >= 0.6 is 0 Å². The number of fused-ring (bicyclic) bond motifs is 1. The van der Waals surface area contributed by atoms with Crippen molar-refractivity contribution in [2.45, 2.75) is 19.4 Å². The van der Waals surface area contributed by atoms with Crippen molar-refractivity contribution in [3.63, 3.8) is 0 Å². The predicted octanol–water partition coefficient (Wildman–Crippen LogP) is 5.22. The average molecular weight is 561 g/mol. The zero-order valence-corrected chi connectivity index (χ0v) is 23.7. The third-order valence-electron chi connectivity index (χ3n) is 7.26. The van der Waals surface area contributed by atoms with Gasteiger partial charge in [-0.3, -0.25) is 9.31 Å². The molecule has 3 heterocycles. The molecule has 1 N–H and O–H groups in total. The normalized spacial score (nSPS) is 11.1. The lowest BCUT2D eigenvalue weighted by atomic mass is 9.77. The minimum atomic E-state index is -0.786. The lowest BCUT2D eigenvalue weighted by Gasteiger charge is -2.37. The predicted molar refractivity (Wildman–Crippen MR) is 162 cm³/mol. The van der Waals surface area contributed by atoms with Crippen molar-refractivity contribution in [3.05, 3.63) is 160 Å². The van der Waals surface area contributed by atoms with E-state index in [9.17, 15) is 9.59 Å². The third-order valence-corrected chi connectivity index (χ3v) is 7.26. The SMILES string of the molecule is CCOC(=O)c1c(=O)n(-c2cn(C(c3ccccc3)(c3ccccc3)c3ccccc3)cn2)n2cccc(C)c12.CO. The van der Waals surface area contributed by atoms with Crippen LogP contribution < -0.4 is 5.56 Å². The molecule has 0 atom stereocenters. The van der Waals surface area contributed by atoms with Gasteiger partial charge >= 0.3 is 5.97 Å². The van der Waals surface area contributed by atoms with Crippen molar-refractivity contribution in [2.24, 2.45) is 0 Å². The highest BCUT2D eigenvalue weighted by atomic mass is 16.5. The average Bonchev–Trinajstić information content (AvgIpc) is 3.63. The first kappa shape index (κ1) is 28.3. The number of aromatic nitrogens is 4. The zero-order valence-electron chi connectivity index (χ0n) is 23.7. The number of hydrogen-bond acceptors (Lipinski definition) is 5. The summed E-state index contributed by atoms with van der Waals surface area (Å²) in [6.45, 7) is 3.76. The van der Waals surface area contributed by atoms with Gasteiger partial charge in [-0.15, -0.1) is 0 Å². The van der Waals surface area contributed by atoms with E-state index < -0.39 is 17.1 Å². The number of esters is 1. The number of ether oxygens (including phenoxy) is 1. The summed E-state index contributed by atoms with van der Waals surface area (Å²) in [4.78, 5) is 31.5. The summed E-state index contributed by atoms with van der Waals surface area (Å²) in [6, 6.07) is 34.4. The maximum atomic E-state index is 13.8. The van der Waals surface area contributed by atoms with Crippen LogP contribution in [0.1, 0.15) is 39.5 Å². The van der Waals surface area contributed by atoms with Crippen LogP contribution in [0.5, 0.6) is 0 Å². The molecule has 6 aromatic rings. The molecule has 0 fully saturated rings. The van der Waals surface area contributed by atoms with Gasteiger partial charge in [0.2, 0.25) is 0 Å². The highest BCUT2D eigenvalue weighted by molar-refractivity contribution is 5.97. The molecule has 0 radical (unpaired) electrons. The molecule has 3 aromatic heterocycles. The van der Waals surface area contributed by atoms with Gasteiger partial charge in [0.25, 0.3) is 5.56 Å². The van der Waals surface area contributed by atoms with Gasteiger partial charge in [-0.1, -0.05) is 97.1 Å². The van der Waals surface area contributed by atoms with Crippen molar-refractivity contribution in [1.29, 1.82) is 0 Å². The van der Waals surface area contributed by atoms with Gasteiger partial charge in [0.1, 0.15) is 5.54 Å². The van der Waals surface area contributed by atoms with E-state index in [1.165, 1.54) is 4.68 Å². The standard InChI is InChI=1S/C33H28N4O3.CH4O/c1-3-40-32(39)29-30-24(2)14-13-21-36(30)37(31(29)38)28-22-35(23-34-28)33(25-15-7-4-8-16-25,26-17-9-5-10-18-26)27-19-11-6-12-20-27;1-2/h4-23H,3H2,1-2H3;2H,1H3. The van der Waals surface area contributed by atoms with Gasteiger partial charge in [0.15, 0.2) is 11.4 Å². The number of aliphatic hydroxyl groups is 1. The lowest BCUT2D eigenvalue weighted by molar-refractivity contribution is 0.0527. The number of nitrogens with zero attached hydrogens (tertiary/aromatic N) is 4. The van der Waals surface area contributed by atoms with Gasteiger partial charge in [-0.05, 0) is 42.2 Å². The number of aryl methyl sites for hydroxylation is 1. The van der Waals surface area contributed by atoms with Crippen LogP contribution in [-0.2, 0) is 10.3 Å². The molecule has 8 nitrogen and oxygen atoms in total. The van der Waals surface area contributed by atoms with E-state index in [1.54, 1.807) is 24.0 Å². The Morgan fingerprint density at radius 1 is 0.833 bits per heavy atom. The van der Waals surface area contributed by atoms with Crippen LogP contribution in [0.15, 0.2) is 127 Å². The highest BCUT2D eigenvalue weighted by Crippen LogP contribution is 2.41. The fourth-order valence-electron chi connectivity index (χ4n) is 5.58. The first-order valence-electron chi connectivity index (χ1n) is 13.6. The van der Waals surface area contributed by atoms with Crippen LogP contribution in [0.4, 0.5) is 0 Å². The number of pyridine rings is 1. The molecular formula is C34H32N4O4. The lowest BCUT2D eigenvalue weighted by Crippen LogP contribution is -2.37. The molecule has 42 heavy (non-hydrogen) atoms. The monoisotopic (exact) mass is 560 g/mol. The molecule has 0 aliphatic heterocycles. The molecular weight excluding hydrogens is 528 g/mol.